The van der Waals surface area contributed by atoms with Gasteiger partial charge >= 0.3 is 0 Å². The summed E-state index contributed by atoms with van der Waals surface area (Å²) in [6.07, 6.45) is 0. The third kappa shape index (κ3) is 4.66. The van der Waals surface area contributed by atoms with Gasteiger partial charge in [0.25, 0.3) is 0 Å². The first-order valence-corrected chi connectivity index (χ1v) is 17.7. The van der Waals surface area contributed by atoms with E-state index < -0.39 is 24.2 Å². The summed E-state index contributed by atoms with van der Waals surface area (Å²) in [4.78, 5) is 2.32. The lowest BCUT2D eigenvalue weighted by molar-refractivity contribution is 1.19. The van der Waals surface area contributed by atoms with Crippen molar-refractivity contribution < 1.29 is 11.0 Å². The van der Waals surface area contributed by atoms with Crippen LogP contribution >= 0.6 is 0 Å². The fourth-order valence-electron chi connectivity index (χ4n) is 8.05. The van der Waals surface area contributed by atoms with Crippen molar-refractivity contribution >= 4 is 60.4 Å². The van der Waals surface area contributed by atoms with Crippen LogP contribution in [0.15, 0.2) is 188 Å². The lowest BCUT2D eigenvalue weighted by Gasteiger charge is -2.29. The van der Waals surface area contributed by atoms with Crippen LogP contribution in [0.4, 0.5) is 17.1 Å². The first-order chi connectivity index (χ1) is 29.5. The molecule has 9 aromatic carbocycles. The Hall–Kier alpha value is -6.90. The topological polar surface area (TPSA) is 8.17 Å². The number of para-hydroxylation sites is 3. The first kappa shape index (κ1) is 22.8. The molecule has 0 N–H and O–H groups in total. The molecule has 0 spiro atoms. The van der Waals surface area contributed by atoms with Crippen molar-refractivity contribution in [2.75, 3.05) is 4.90 Å². The minimum Gasteiger partial charge on any atom is -0.310 e. The molecule has 248 valence electrons. The molecule has 0 amide bonds. The number of fused-ring (bicyclic) bond motifs is 9. The zero-order chi connectivity index (χ0) is 42.0. The van der Waals surface area contributed by atoms with E-state index in [-0.39, 0.29) is 46.0 Å². The van der Waals surface area contributed by atoms with Crippen LogP contribution in [0.3, 0.4) is 0 Å². The van der Waals surface area contributed by atoms with Crippen LogP contribution in [0.25, 0.3) is 82.4 Å². The predicted octanol–water partition coefficient (Wildman–Crippen LogP) is 14.2. The van der Waals surface area contributed by atoms with Crippen molar-refractivity contribution in [3.8, 4) is 39.1 Å². The van der Waals surface area contributed by atoms with Crippen molar-refractivity contribution in [2.24, 2.45) is 0 Å². The minimum absolute atomic E-state index is 0.0651. The maximum Gasteiger partial charge on any atom is 0.0645 e. The van der Waals surface area contributed by atoms with E-state index in [0.29, 0.717) is 5.69 Å². The molecule has 0 unspecified atom stereocenters. The van der Waals surface area contributed by atoms with Crippen molar-refractivity contribution in [1.29, 1.82) is 0 Å². The van der Waals surface area contributed by atoms with Gasteiger partial charge in [0, 0.05) is 33.5 Å². The highest BCUT2D eigenvalue weighted by Crippen LogP contribution is 2.51. The lowest BCUT2D eigenvalue weighted by atomic mass is 9.78. The van der Waals surface area contributed by atoms with Crippen molar-refractivity contribution in [2.45, 2.75) is 6.92 Å². The molecule has 11 rings (SSSR count). The first-order valence-electron chi connectivity index (χ1n) is 21.7. The Labute approximate surface area is 319 Å². The van der Waals surface area contributed by atoms with Gasteiger partial charge in [-0.3, -0.25) is 0 Å². The summed E-state index contributed by atoms with van der Waals surface area (Å²) in [7, 11) is 0. The maximum atomic E-state index is 8.94. The minimum atomic E-state index is -0.458. The number of benzene rings is 9. The summed E-state index contributed by atoms with van der Waals surface area (Å²) >= 11 is 0. The van der Waals surface area contributed by atoms with Crippen LogP contribution in [0.5, 0.6) is 0 Å². The van der Waals surface area contributed by atoms with Gasteiger partial charge in [0.05, 0.1) is 22.0 Å². The SMILES string of the molecule is [2H]c1c([2H])c([2H])c2c(c1[2H])c1c([2H])c([2H])c([2H])c([2H])c1n2-c1ccc2cc3c(cc2c1)-c1cc2cc(N(c4cccc(-c5ccccc5)c4)c4ccccc4C)ccc2cc1-3. The average molecular weight is 683 g/mol. The van der Waals surface area contributed by atoms with Crippen molar-refractivity contribution in [3.63, 3.8) is 0 Å². The summed E-state index contributed by atoms with van der Waals surface area (Å²) < 4.78 is 70.9. The summed E-state index contributed by atoms with van der Waals surface area (Å²) in [6, 6.07) is 45.5. The zero-order valence-corrected chi connectivity index (χ0v) is 28.7. The van der Waals surface area contributed by atoms with Gasteiger partial charge in [0.15, 0.2) is 0 Å². The molecule has 0 saturated heterocycles. The van der Waals surface area contributed by atoms with Crippen LogP contribution in [-0.2, 0) is 0 Å². The van der Waals surface area contributed by atoms with E-state index in [1.54, 1.807) is 4.57 Å². The number of aryl methyl sites for hydroxylation is 1. The molecule has 10 aromatic rings. The molecule has 0 atom stereocenters. The molecule has 0 saturated carbocycles. The highest BCUT2D eigenvalue weighted by Gasteiger charge is 2.25. The molecule has 0 fully saturated rings. The second-order valence-corrected chi connectivity index (χ2v) is 13.7. The molecule has 1 aliphatic rings. The van der Waals surface area contributed by atoms with Gasteiger partial charge in [0.1, 0.15) is 0 Å². The summed E-state index contributed by atoms with van der Waals surface area (Å²) in [5, 5.41) is 4.22. The Morgan fingerprint density at radius 3 is 1.72 bits per heavy atom. The summed E-state index contributed by atoms with van der Waals surface area (Å²) in [6.45, 7) is 2.14. The molecule has 2 heteroatoms. The van der Waals surface area contributed by atoms with Crippen molar-refractivity contribution in [3.05, 3.63) is 193 Å². The van der Waals surface area contributed by atoms with Gasteiger partial charge in [-0.2, -0.15) is 0 Å². The van der Waals surface area contributed by atoms with Crippen LogP contribution in [-0.4, -0.2) is 4.57 Å². The van der Waals surface area contributed by atoms with E-state index in [1.165, 1.54) is 5.56 Å². The quantitative estimate of drug-likeness (QED) is 0.175. The van der Waals surface area contributed by atoms with Crippen LogP contribution < -0.4 is 4.90 Å². The zero-order valence-electron chi connectivity index (χ0n) is 36.7. The third-order valence-electron chi connectivity index (χ3n) is 10.6. The highest BCUT2D eigenvalue weighted by molar-refractivity contribution is 6.13. The Kier molecular flexibility index (Phi) is 4.98. The Morgan fingerprint density at radius 1 is 0.453 bits per heavy atom. The third-order valence-corrected chi connectivity index (χ3v) is 10.6. The standard InChI is InChI=1S/C51H34N2/c1-33-12-5-8-19-49(33)52(40-16-11-15-35(26-40)34-13-3-2-4-14-34)41-24-22-36-29-45-46-30-37-23-25-42(28-39(37)32-48(46)47(45)31-38(36)27-41)53-50-20-9-6-17-43(50)44-18-7-10-21-51(44)53/h2-32H,1H3/i6D,7D,9D,10D,17D,18D,20D,21D. The van der Waals surface area contributed by atoms with Gasteiger partial charge in [-0.15, -0.1) is 0 Å². The van der Waals surface area contributed by atoms with E-state index >= 15 is 0 Å². The second-order valence-electron chi connectivity index (χ2n) is 13.7. The molecule has 1 aliphatic carbocycles. The fraction of sp³-hybridized carbons (Fsp3) is 0.0196. The van der Waals surface area contributed by atoms with Crippen LogP contribution in [0.1, 0.15) is 16.5 Å². The monoisotopic (exact) mass is 682 g/mol. The highest BCUT2D eigenvalue weighted by atomic mass is 15.1. The molecule has 2 nitrogen and oxygen atoms in total. The summed E-state index contributed by atoms with van der Waals surface area (Å²) in [5.74, 6) is 0. The van der Waals surface area contributed by atoms with Crippen molar-refractivity contribution in [1.82, 2.24) is 4.57 Å². The van der Waals surface area contributed by atoms with Gasteiger partial charge in [-0.05, 0) is 146 Å². The number of hydrogen-bond acceptors (Lipinski definition) is 1. The predicted molar refractivity (Wildman–Crippen MR) is 225 cm³/mol. The molecule has 0 aliphatic heterocycles. The van der Waals surface area contributed by atoms with Crippen LogP contribution in [0, 0.1) is 6.92 Å². The van der Waals surface area contributed by atoms with E-state index in [4.69, 9.17) is 11.0 Å². The Bertz CT molecular complexity index is 3460. The van der Waals surface area contributed by atoms with Gasteiger partial charge in [-0.1, -0.05) is 109 Å². The second kappa shape index (κ2) is 11.6. The van der Waals surface area contributed by atoms with E-state index in [9.17, 15) is 0 Å². The number of anilines is 3. The maximum absolute atomic E-state index is 8.94. The number of nitrogens with zero attached hydrogens (tertiary/aromatic N) is 2. The molecule has 53 heavy (non-hydrogen) atoms. The average Bonchev–Trinajstić information content (AvgIpc) is 3.65. The fourth-order valence-corrected chi connectivity index (χ4v) is 8.05. The largest absolute Gasteiger partial charge is 0.310 e. The lowest BCUT2D eigenvalue weighted by Crippen LogP contribution is -2.11. The van der Waals surface area contributed by atoms with Gasteiger partial charge < -0.3 is 9.47 Å². The Balaban J connectivity index is 1.05. The van der Waals surface area contributed by atoms with E-state index in [2.05, 4.69) is 127 Å². The number of hydrogen-bond donors (Lipinski definition) is 0. The smallest absolute Gasteiger partial charge is 0.0645 e. The van der Waals surface area contributed by atoms with Crippen LogP contribution in [0.2, 0.25) is 0 Å². The summed E-state index contributed by atoms with van der Waals surface area (Å²) in [5.41, 5.74) is 11.9. The van der Waals surface area contributed by atoms with Gasteiger partial charge in [-0.25, -0.2) is 0 Å². The number of rotatable bonds is 5. The normalized spacial score (nSPS) is 14.0. The Morgan fingerprint density at radius 2 is 1.02 bits per heavy atom. The molecular weight excluding hydrogens is 641 g/mol. The van der Waals surface area contributed by atoms with Gasteiger partial charge in [0.2, 0.25) is 0 Å². The molecule has 0 radical (unpaired) electrons. The molecule has 1 aromatic heterocycles. The molecule has 1 heterocycles. The number of aromatic nitrogens is 1. The molecular formula is C51H34N2. The van der Waals surface area contributed by atoms with E-state index in [1.807, 2.05) is 24.3 Å². The molecule has 0 bridgehead atoms. The van der Waals surface area contributed by atoms with E-state index in [0.717, 1.165) is 72.0 Å².